The molecule has 2 aromatic carbocycles. The molecule has 194 valence electrons. The third-order valence-corrected chi connectivity index (χ3v) is 7.62. The Morgan fingerprint density at radius 3 is 0.806 bits per heavy atom. The molecular formula is C36H50. The van der Waals surface area contributed by atoms with Crippen molar-refractivity contribution in [2.24, 2.45) is 0 Å². The molecule has 0 heteroatoms. The van der Waals surface area contributed by atoms with Crippen LogP contribution in [0.5, 0.6) is 0 Å². The maximum atomic E-state index is 2.36. The average Bonchev–Trinajstić information content (AvgIpc) is 2.94. The third kappa shape index (κ3) is 6.78. The summed E-state index contributed by atoms with van der Waals surface area (Å²) < 4.78 is 0. The first-order valence-corrected chi connectivity index (χ1v) is 14.6. The van der Waals surface area contributed by atoms with Gasteiger partial charge in [0.25, 0.3) is 0 Å². The molecule has 2 rings (SSSR count). The maximum absolute atomic E-state index is 2.36. The number of allylic oxidation sites excluding steroid dienone is 8. The van der Waals surface area contributed by atoms with Crippen LogP contribution >= 0.6 is 0 Å². The predicted molar refractivity (Wildman–Crippen MR) is 163 cm³/mol. The number of rotatable bonds is 13. The summed E-state index contributed by atoms with van der Waals surface area (Å²) in [6, 6.07) is 22.1. The number of benzene rings is 2. The molecule has 0 saturated heterocycles. The minimum absolute atomic E-state index is 1.06. The lowest BCUT2D eigenvalue weighted by Gasteiger charge is -2.25. The highest BCUT2D eigenvalue weighted by Gasteiger charge is 2.20. The van der Waals surface area contributed by atoms with Gasteiger partial charge in [0.15, 0.2) is 0 Å². The Morgan fingerprint density at radius 1 is 0.333 bits per heavy atom. The zero-order chi connectivity index (χ0) is 26.5. The van der Waals surface area contributed by atoms with Crippen molar-refractivity contribution in [2.75, 3.05) is 0 Å². The van der Waals surface area contributed by atoms with Crippen molar-refractivity contribution in [3.05, 3.63) is 105 Å². The van der Waals surface area contributed by atoms with Gasteiger partial charge in [-0.25, -0.2) is 0 Å². The van der Waals surface area contributed by atoms with Gasteiger partial charge in [0.05, 0.1) is 0 Å². The topological polar surface area (TPSA) is 0 Å². The van der Waals surface area contributed by atoms with Crippen molar-refractivity contribution in [2.45, 2.75) is 107 Å². The van der Waals surface area contributed by atoms with Crippen LogP contribution in [0.2, 0.25) is 0 Å². The molecule has 0 N–H and O–H groups in total. The van der Waals surface area contributed by atoms with E-state index in [9.17, 15) is 0 Å². The van der Waals surface area contributed by atoms with E-state index >= 15 is 0 Å². The second kappa shape index (κ2) is 15.5. The van der Waals surface area contributed by atoms with Gasteiger partial charge in [0.2, 0.25) is 0 Å². The van der Waals surface area contributed by atoms with Gasteiger partial charge in [-0.15, -0.1) is 0 Å². The first kappa shape index (κ1) is 29.6. The first-order valence-electron chi connectivity index (χ1n) is 14.6. The van der Waals surface area contributed by atoms with Crippen LogP contribution in [0, 0.1) is 0 Å². The van der Waals surface area contributed by atoms with E-state index in [1.165, 1.54) is 22.3 Å². The Hall–Kier alpha value is -2.60. The van der Waals surface area contributed by atoms with Crippen LogP contribution in [-0.2, 0) is 0 Å². The average molecular weight is 483 g/mol. The number of hydrogen-bond acceptors (Lipinski definition) is 0. The van der Waals surface area contributed by atoms with Gasteiger partial charge in [0.1, 0.15) is 0 Å². The van der Waals surface area contributed by atoms with Gasteiger partial charge in [-0.05, 0) is 107 Å². The monoisotopic (exact) mass is 482 g/mol. The van der Waals surface area contributed by atoms with Crippen molar-refractivity contribution in [1.29, 1.82) is 0 Å². The van der Waals surface area contributed by atoms with Crippen molar-refractivity contribution < 1.29 is 0 Å². The summed E-state index contributed by atoms with van der Waals surface area (Å²) in [7, 11) is 0. The highest BCUT2D eigenvalue weighted by molar-refractivity contribution is 5.75. The Labute approximate surface area is 222 Å². The quantitative estimate of drug-likeness (QED) is 0.249. The van der Waals surface area contributed by atoms with Gasteiger partial charge in [-0.1, -0.05) is 116 Å². The lowest BCUT2D eigenvalue weighted by molar-refractivity contribution is 0.900. The summed E-state index contributed by atoms with van der Waals surface area (Å²) in [5, 5.41) is 0. The van der Waals surface area contributed by atoms with Crippen molar-refractivity contribution in [3.8, 4) is 0 Å². The van der Waals surface area contributed by atoms with Crippen molar-refractivity contribution >= 4 is 11.1 Å². The molecule has 0 fully saturated rings. The smallest absolute Gasteiger partial charge is 0.0222 e. The fourth-order valence-corrected chi connectivity index (χ4v) is 6.12. The van der Waals surface area contributed by atoms with Crippen LogP contribution in [0.15, 0.2) is 94.1 Å². The van der Waals surface area contributed by atoms with Gasteiger partial charge in [-0.3, -0.25) is 0 Å². The van der Waals surface area contributed by atoms with Gasteiger partial charge >= 0.3 is 0 Å². The molecule has 0 spiro atoms. The number of hydrogen-bond donors (Lipinski definition) is 0. The fraction of sp³-hybridized carbons (Fsp3) is 0.444. The SMILES string of the molecule is CCC(/C(CC)=C(CC)\C(CC)=C(\CC)c1ccccc1)=C(CC)/C(CC)=C(/CC)c1ccccc1. The van der Waals surface area contributed by atoms with Crippen LogP contribution in [0.4, 0.5) is 0 Å². The second-order valence-corrected chi connectivity index (χ2v) is 9.39. The molecule has 2 aromatic rings. The molecule has 0 radical (unpaired) electrons. The molecule has 0 bridgehead atoms. The zero-order valence-corrected chi connectivity index (χ0v) is 24.4. The lowest BCUT2D eigenvalue weighted by atomic mass is 9.80. The molecule has 0 heterocycles. The summed E-state index contributed by atoms with van der Waals surface area (Å²) in [5.74, 6) is 0. The Kier molecular flexibility index (Phi) is 12.8. The van der Waals surface area contributed by atoms with E-state index in [1.807, 2.05) is 0 Å². The maximum Gasteiger partial charge on any atom is -0.0222 e. The van der Waals surface area contributed by atoms with E-state index in [2.05, 4.69) is 116 Å². The Balaban J connectivity index is 2.93. The van der Waals surface area contributed by atoms with E-state index in [0.29, 0.717) is 0 Å². The predicted octanol–water partition coefficient (Wildman–Crippen LogP) is 11.8. The summed E-state index contributed by atoms with van der Waals surface area (Å²) in [6.07, 6.45) is 8.58. The second-order valence-electron chi connectivity index (χ2n) is 9.39. The summed E-state index contributed by atoms with van der Waals surface area (Å²) in [6.45, 7) is 18.8. The molecule has 0 unspecified atom stereocenters. The molecular weight excluding hydrogens is 432 g/mol. The van der Waals surface area contributed by atoms with Crippen LogP contribution in [-0.4, -0.2) is 0 Å². The largest absolute Gasteiger partial charge is 0.0622 e. The fourth-order valence-electron chi connectivity index (χ4n) is 6.12. The van der Waals surface area contributed by atoms with Crippen molar-refractivity contribution in [3.63, 3.8) is 0 Å². The molecule has 0 nitrogen and oxygen atoms in total. The van der Waals surface area contributed by atoms with Crippen LogP contribution in [0.25, 0.3) is 11.1 Å². The van der Waals surface area contributed by atoms with Gasteiger partial charge in [0, 0.05) is 0 Å². The molecule has 0 amide bonds. The van der Waals surface area contributed by atoms with Crippen LogP contribution in [0.3, 0.4) is 0 Å². The van der Waals surface area contributed by atoms with Gasteiger partial charge < -0.3 is 0 Å². The van der Waals surface area contributed by atoms with E-state index in [1.54, 1.807) is 33.4 Å². The third-order valence-electron chi connectivity index (χ3n) is 7.62. The van der Waals surface area contributed by atoms with E-state index < -0.39 is 0 Å². The minimum Gasteiger partial charge on any atom is -0.0622 e. The van der Waals surface area contributed by atoms with E-state index in [4.69, 9.17) is 0 Å². The first-order chi connectivity index (χ1) is 17.6. The minimum atomic E-state index is 1.06. The van der Waals surface area contributed by atoms with E-state index in [-0.39, 0.29) is 0 Å². The van der Waals surface area contributed by atoms with Gasteiger partial charge in [-0.2, -0.15) is 0 Å². The molecule has 0 aliphatic carbocycles. The standard InChI is InChI=1S/C36H50/c1-9-29(27-23-19-17-20-24-27)31(11-3)33(13-5)35(15-7)36(16-8)34(14-6)32(12-4)30(10-2)28-25-21-18-22-26-28/h17-26H,9-16H2,1-8H3/b31-29-,32-30-,35-33-,36-34-. The molecule has 0 atom stereocenters. The Bertz CT molecular complexity index is 982. The highest BCUT2D eigenvalue weighted by Crippen LogP contribution is 2.40. The molecule has 0 aromatic heterocycles. The lowest BCUT2D eigenvalue weighted by Crippen LogP contribution is -2.06. The van der Waals surface area contributed by atoms with Crippen LogP contribution in [0.1, 0.15) is 118 Å². The highest BCUT2D eigenvalue weighted by atomic mass is 14.2. The Morgan fingerprint density at radius 2 is 0.583 bits per heavy atom. The van der Waals surface area contributed by atoms with E-state index in [0.717, 1.165) is 51.4 Å². The summed E-state index contributed by atoms with van der Waals surface area (Å²) in [5.41, 5.74) is 15.2. The molecule has 0 saturated carbocycles. The normalized spacial score (nSPS) is 14.6. The van der Waals surface area contributed by atoms with Crippen molar-refractivity contribution in [1.82, 2.24) is 0 Å². The molecule has 36 heavy (non-hydrogen) atoms. The van der Waals surface area contributed by atoms with Crippen LogP contribution < -0.4 is 0 Å². The summed E-state index contributed by atoms with van der Waals surface area (Å²) >= 11 is 0. The summed E-state index contributed by atoms with van der Waals surface area (Å²) in [4.78, 5) is 0. The zero-order valence-electron chi connectivity index (χ0n) is 24.4. The molecule has 0 aliphatic rings. The molecule has 0 aliphatic heterocycles.